The van der Waals surface area contributed by atoms with Crippen molar-refractivity contribution in [2.24, 2.45) is 5.73 Å². The molecule has 28 heavy (non-hydrogen) atoms. The molecule has 0 unspecified atom stereocenters. The topological polar surface area (TPSA) is 87.3 Å². The number of amides is 1. The van der Waals surface area contributed by atoms with E-state index in [2.05, 4.69) is 22.3 Å². The van der Waals surface area contributed by atoms with Gasteiger partial charge < -0.3 is 15.2 Å². The molecule has 9 heteroatoms. The molecular weight excluding hydrogens is 414 g/mol. The Morgan fingerprint density at radius 1 is 1.00 bits per heavy atom. The van der Waals surface area contributed by atoms with Crippen molar-refractivity contribution in [1.29, 1.82) is 0 Å². The number of hydrogen-bond donors (Lipinski definition) is 1. The molecule has 0 aliphatic heterocycles. The second kappa shape index (κ2) is 10.4. The minimum absolute atomic E-state index is 0.123. The first-order chi connectivity index (χ1) is 13.6. The van der Waals surface area contributed by atoms with Crippen LogP contribution in [0.2, 0.25) is 0 Å². The van der Waals surface area contributed by atoms with Gasteiger partial charge in [-0.15, -0.1) is 10.2 Å². The minimum Gasteiger partial charge on any atom is -0.497 e. The van der Waals surface area contributed by atoms with Crippen LogP contribution >= 0.6 is 34.9 Å². The van der Waals surface area contributed by atoms with E-state index in [9.17, 15) is 4.79 Å². The number of nitrogens with zero attached hydrogens (tertiary/aromatic N) is 2. The molecule has 0 radical (unpaired) electrons. The fourth-order valence-corrected chi connectivity index (χ4v) is 5.12. The average Bonchev–Trinajstić information content (AvgIpc) is 3.18. The summed E-state index contributed by atoms with van der Waals surface area (Å²) in [5.74, 6) is 2.57. The van der Waals surface area contributed by atoms with Gasteiger partial charge in [0.1, 0.15) is 11.5 Å². The Morgan fingerprint density at radius 3 is 2.32 bits per heavy atom. The summed E-state index contributed by atoms with van der Waals surface area (Å²) in [7, 11) is 1.66. The Bertz CT molecular complexity index is 916. The fraction of sp³-hybridized carbons (Fsp3) is 0.211. The summed E-state index contributed by atoms with van der Waals surface area (Å²) in [6.45, 7) is -0.123. The Balaban J connectivity index is 1.49. The number of primary amides is 1. The molecule has 1 heterocycles. The van der Waals surface area contributed by atoms with E-state index in [0.717, 1.165) is 31.5 Å². The molecule has 6 nitrogen and oxygen atoms in total. The third-order valence-corrected chi connectivity index (χ3v) is 6.88. The van der Waals surface area contributed by atoms with Crippen LogP contribution in [0.5, 0.6) is 11.5 Å². The zero-order valence-electron chi connectivity index (χ0n) is 15.2. The number of benzene rings is 2. The first-order valence-electron chi connectivity index (χ1n) is 8.34. The second-order valence-electron chi connectivity index (χ2n) is 5.66. The van der Waals surface area contributed by atoms with Crippen molar-refractivity contribution in [2.45, 2.75) is 20.2 Å². The highest BCUT2D eigenvalue weighted by atomic mass is 32.2. The normalized spacial score (nSPS) is 10.6. The van der Waals surface area contributed by atoms with E-state index in [1.165, 1.54) is 5.56 Å². The van der Waals surface area contributed by atoms with Crippen molar-refractivity contribution >= 4 is 40.8 Å². The van der Waals surface area contributed by atoms with Crippen molar-refractivity contribution in [3.63, 3.8) is 0 Å². The molecule has 0 aliphatic carbocycles. The van der Waals surface area contributed by atoms with Gasteiger partial charge in [-0.3, -0.25) is 4.79 Å². The lowest BCUT2D eigenvalue weighted by Crippen LogP contribution is -2.20. The Morgan fingerprint density at radius 2 is 1.68 bits per heavy atom. The number of aromatic nitrogens is 2. The van der Waals surface area contributed by atoms with Crippen molar-refractivity contribution in [1.82, 2.24) is 10.2 Å². The molecule has 3 rings (SSSR count). The molecule has 1 aromatic heterocycles. The molecule has 3 aromatic rings. The molecule has 0 saturated carbocycles. The summed E-state index contributed by atoms with van der Waals surface area (Å²) in [5, 5.41) is 8.50. The van der Waals surface area contributed by atoms with Crippen LogP contribution < -0.4 is 15.2 Å². The van der Waals surface area contributed by atoms with Crippen LogP contribution in [0.4, 0.5) is 0 Å². The number of hydrogen-bond acceptors (Lipinski definition) is 8. The highest BCUT2D eigenvalue weighted by molar-refractivity contribution is 8.02. The van der Waals surface area contributed by atoms with Crippen LogP contribution in [0.15, 0.2) is 57.2 Å². The van der Waals surface area contributed by atoms with Crippen molar-refractivity contribution in [2.75, 3.05) is 13.7 Å². The highest BCUT2D eigenvalue weighted by Gasteiger charge is 2.07. The standard InChI is InChI=1S/C19H19N3O3S3/c1-24-15-7-5-13(6-8-15)11-26-18-21-22-19(28-18)27-12-14-3-2-4-16(9-14)25-10-17(20)23/h2-9H,10-12H2,1H3,(H2,20,23). The Kier molecular flexibility index (Phi) is 7.58. The minimum atomic E-state index is -0.492. The summed E-state index contributed by atoms with van der Waals surface area (Å²) in [6, 6.07) is 15.6. The maximum absolute atomic E-state index is 10.8. The third kappa shape index (κ3) is 6.43. The molecule has 0 atom stereocenters. The van der Waals surface area contributed by atoms with Crippen molar-refractivity contribution < 1.29 is 14.3 Å². The molecule has 0 fully saturated rings. The van der Waals surface area contributed by atoms with E-state index < -0.39 is 5.91 Å². The molecule has 0 aliphatic rings. The number of ether oxygens (including phenoxy) is 2. The maximum atomic E-state index is 10.8. The van der Waals surface area contributed by atoms with Gasteiger partial charge in [-0.05, 0) is 35.4 Å². The molecule has 2 aromatic carbocycles. The van der Waals surface area contributed by atoms with Gasteiger partial charge in [-0.2, -0.15) is 0 Å². The first kappa shape index (κ1) is 20.5. The zero-order valence-corrected chi connectivity index (χ0v) is 17.6. The van der Waals surface area contributed by atoms with Gasteiger partial charge in [0, 0.05) is 11.5 Å². The van der Waals surface area contributed by atoms with Gasteiger partial charge in [0.05, 0.1) is 7.11 Å². The van der Waals surface area contributed by atoms with Crippen LogP contribution in [-0.2, 0) is 16.3 Å². The van der Waals surface area contributed by atoms with Gasteiger partial charge in [0.15, 0.2) is 15.3 Å². The number of carbonyl (C=O) groups excluding carboxylic acids is 1. The van der Waals surface area contributed by atoms with Crippen molar-refractivity contribution in [3.8, 4) is 11.5 Å². The van der Waals surface area contributed by atoms with E-state index >= 15 is 0 Å². The summed E-state index contributed by atoms with van der Waals surface area (Å²) in [6.07, 6.45) is 0. The van der Waals surface area contributed by atoms with Crippen LogP contribution in [0, 0.1) is 0 Å². The molecule has 0 spiro atoms. The molecule has 0 bridgehead atoms. The van der Waals surface area contributed by atoms with Crippen molar-refractivity contribution in [3.05, 3.63) is 59.7 Å². The lowest BCUT2D eigenvalue weighted by atomic mass is 10.2. The van der Waals surface area contributed by atoms with Gasteiger partial charge in [0.2, 0.25) is 0 Å². The molecule has 1 amide bonds. The number of methoxy groups -OCH3 is 1. The summed E-state index contributed by atoms with van der Waals surface area (Å²) >= 11 is 4.87. The summed E-state index contributed by atoms with van der Waals surface area (Å²) < 4.78 is 12.4. The number of thioether (sulfide) groups is 2. The monoisotopic (exact) mass is 433 g/mol. The van der Waals surface area contributed by atoms with Crippen LogP contribution in [-0.4, -0.2) is 29.8 Å². The SMILES string of the molecule is COc1ccc(CSc2nnc(SCc3cccc(OCC(N)=O)c3)s2)cc1. The van der Waals surface area contributed by atoms with E-state index in [0.29, 0.717) is 5.75 Å². The lowest BCUT2D eigenvalue weighted by molar-refractivity contribution is -0.119. The maximum Gasteiger partial charge on any atom is 0.255 e. The van der Waals surface area contributed by atoms with Gasteiger partial charge >= 0.3 is 0 Å². The molecule has 146 valence electrons. The Hall–Kier alpha value is -2.23. The highest BCUT2D eigenvalue weighted by Crippen LogP contribution is 2.32. The number of carbonyl (C=O) groups is 1. The lowest BCUT2D eigenvalue weighted by Gasteiger charge is -2.05. The molecule has 0 saturated heterocycles. The quantitative estimate of drug-likeness (QED) is 0.484. The van der Waals surface area contributed by atoms with Gasteiger partial charge in [0.25, 0.3) is 5.91 Å². The summed E-state index contributed by atoms with van der Waals surface area (Å²) in [5.41, 5.74) is 7.39. The molecular formula is C19H19N3O3S3. The predicted molar refractivity (Wildman–Crippen MR) is 113 cm³/mol. The third-order valence-electron chi connectivity index (χ3n) is 3.55. The fourth-order valence-electron chi connectivity index (χ4n) is 2.21. The van der Waals surface area contributed by atoms with E-state index in [-0.39, 0.29) is 6.61 Å². The van der Waals surface area contributed by atoms with E-state index in [1.807, 2.05) is 30.3 Å². The average molecular weight is 434 g/mol. The zero-order chi connectivity index (χ0) is 19.8. The van der Waals surface area contributed by atoms with Gasteiger partial charge in [-0.25, -0.2) is 0 Å². The first-order valence-corrected chi connectivity index (χ1v) is 11.1. The predicted octanol–water partition coefficient (Wildman–Crippen LogP) is 4.00. The van der Waals surface area contributed by atoms with E-state index in [4.69, 9.17) is 15.2 Å². The largest absolute Gasteiger partial charge is 0.497 e. The number of rotatable bonds is 10. The summed E-state index contributed by atoms with van der Waals surface area (Å²) in [4.78, 5) is 10.8. The second-order valence-corrected chi connectivity index (χ2v) is 9.08. The van der Waals surface area contributed by atoms with Gasteiger partial charge in [-0.1, -0.05) is 59.1 Å². The van der Waals surface area contributed by atoms with E-state index in [1.54, 1.807) is 48.0 Å². The molecule has 2 N–H and O–H groups in total. The van der Waals surface area contributed by atoms with Crippen LogP contribution in [0.3, 0.4) is 0 Å². The van der Waals surface area contributed by atoms with Crippen LogP contribution in [0.1, 0.15) is 11.1 Å². The smallest absolute Gasteiger partial charge is 0.255 e. The Labute approximate surface area is 175 Å². The van der Waals surface area contributed by atoms with Crippen LogP contribution in [0.25, 0.3) is 0 Å². The number of nitrogens with two attached hydrogens (primary N) is 1.